The standard InChI is InChI=1S/C14H11IN2OS/c15-11-8-4-5-9-12(11)16-14(19)17-13(18)10-6-2-1-3-7-10/h1-9H,(H2,16,17,18,19). The van der Waals surface area contributed by atoms with Gasteiger partial charge in [-0.05, 0) is 59.1 Å². The monoisotopic (exact) mass is 382 g/mol. The van der Waals surface area contributed by atoms with Crippen LogP contribution < -0.4 is 10.6 Å². The highest BCUT2D eigenvalue weighted by Crippen LogP contribution is 2.16. The molecule has 19 heavy (non-hydrogen) atoms. The van der Waals surface area contributed by atoms with Crippen LogP contribution in [0.5, 0.6) is 0 Å². The Morgan fingerprint density at radius 1 is 1.00 bits per heavy atom. The summed E-state index contributed by atoms with van der Waals surface area (Å²) < 4.78 is 1.04. The average molecular weight is 382 g/mol. The van der Waals surface area contributed by atoms with Crippen molar-refractivity contribution in [3.63, 3.8) is 0 Å². The fourth-order valence-corrected chi connectivity index (χ4v) is 2.21. The molecule has 0 aliphatic heterocycles. The second-order valence-electron chi connectivity index (χ2n) is 3.75. The van der Waals surface area contributed by atoms with Crippen LogP contribution in [0.2, 0.25) is 0 Å². The third-order valence-electron chi connectivity index (χ3n) is 2.39. The van der Waals surface area contributed by atoms with Crippen molar-refractivity contribution in [1.82, 2.24) is 5.32 Å². The summed E-state index contributed by atoms with van der Waals surface area (Å²) in [6.45, 7) is 0. The number of hydrogen-bond donors (Lipinski definition) is 2. The molecule has 0 spiro atoms. The molecule has 1 amide bonds. The largest absolute Gasteiger partial charge is 0.332 e. The van der Waals surface area contributed by atoms with Gasteiger partial charge in [-0.25, -0.2) is 0 Å². The minimum absolute atomic E-state index is 0.218. The lowest BCUT2D eigenvalue weighted by molar-refractivity contribution is 0.0978. The number of para-hydroxylation sites is 1. The fraction of sp³-hybridized carbons (Fsp3) is 0. The summed E-state index contributed by atoms with van der Waals surface area (Å²) in [6.07, 6.45) is 0. The van der Waals surface area contributed by atoms with Crippen molar-refractivity contribution in [3.05, 3.63) is 63.7 Å². The zero-order valence-corrected chi connectivity index (χ0v) is 12.9. The molecule has 0 atom stereocenters. The fourth-order valence-electron chi connectivity index (χ4n) is 1.48. The number of carbonyl (C=O) groups is 1. The number of halogens is 1. The first-order chi connectivity index (χ1) is 9.16. The van der Waals surface area contributed by atoms with Crippen LogP contribution in [-0.4, -0.2) is 11.0 Å². The normalized spacial score (nSPS) is 9.74. The maximum Gasteiger partial charge on any atom is 0.257 e. The van der Waals surface area contributed by atoms with E-state index in [-0.39, 0.29) is 11.0 Å². The molecule has 0 fully saturated rings. The van der Waals surface area contributed by atoms with Gasteiger partial charge < -0.3 is 5.32 Å². The zero-order chi connectivity index (χ0) is 13.7. The first-order valence-electron chi connectivity index (χ1n) is 5.59. The van der Waals surface area contributed by atoms with Crippen LogP contribution in [0.4, 0.5) is 5.69 Å². The summed E-state index contributed by atoms with van der Waals surface area (Å²) >= 11 is 7.33. The van der Waals surface area contributed by atoms with E-state index in [0.717, 1.165) is 9.26 Å². The highest BCUT2D eigenvalue weighted by atomic mass is 127. The van der Waals surface area contributed by atoms with Gasteiger partial charge in [0.25, 0.3) is 5.91 Å². The topological polar surface area (TPSA) is 41.1 Å². The Labute approximate surface area is 130 Å². The molecule has 0 radical (unpaired) electrons. The second kappa shape index (κ2) is 6.63. The van der Waals surface area contributed by atoms with Crippen LogP contribution in [-0.2, 0) is 0 Å². The van der Waals surface area contributed by atoms with Gasteiger partial charge in [0, 0.05) is 9.13 Å². The zero-order valence-electron chi connectivity index (χ0n) is 9.89. The predicted molar refractivity (Wildman–Crippen MR) is 89.3 cm³/mol. The Kier molecular flexibility index (Phi) is 4.86. The van der Waals surface area contributed by atoms with Crippen molar-refractivity contribution in [2.45, 2.75) is 0 Å². The first kappa shape index (κ1) is 14.0. The van der Waals surface area contributed by atoms with Crippen LogP contribution in [0, 0.1) is 3.57 Å². The van der Waals surface area contributed by atoms with Gasteiger partial charge in [0.05, 0.1) is 5.69 Å². The molecular weight excluding hydrogens is 371 g/mol. The molecule has 2 aromatic carbocycles. The lowest BCUT2D eigenvalue weighted by atomic mass is 10.2. The van der Waals surface area contributed by atoms with E-state index in [1.807, 2.05) is 42.5 Å². The Morgan fingerprint density at radius 2 is 1.63 bits per heavy atom. The Balaban J connectivity index is 1.99. The van der Waals surface area contributed by atoms with Crippen LogP contribution in [0.15, 0.2) is 54.6 Å². The molecule has 0 bridgehead atoms. The summed E-state index contributed by atoms with van der Waals surface area (Å²) in [6, 6.07) is 16.7. The van der Waals surface area contributed by atoms with Crippen molar-refractivity contribution in [3.8, 4) is 0 Å². The number of hydrogen-bond acceptors (Lipinski definition) is 2. The molecule has 0 aliphatic carbocycles. The maximum absolute atomic E-state index is 11.9. The lowest BCUT2D eigenvalue weighted by Crippen LogP contribution is -2.34. The third kappa shape index (κ3) is 4.00. The smallest absolute Gasteiger partial charge is 0.257 e. The second-order valence-corrected chi connectivity index (χ2v) is 5.32. The molecule has 0 aliphatic rings. The van der Waals surface area contributed by atoms with E-state index >= 15 is 0 Å². The Bertz CT molecular complexity index is 601. The summed E-state index contributed by atoms with van der Waals surface area (Å²) in [7, 11) is 0. The van der Waals surface area contributed by atoms with E-state index in [2.05, 4.69) is 33.2 Å². The highest BCUT2D eigenvalue weighted by molar-refractivity contribution is 14.1. The molecule has 0 aromatic heterocycles. The van der Waals surface area contributed by atoms with Gasteiger partial charge in [-0.1, -0.05) is 30.3 Å². The minimum atomic E-state index is -0.218. The van der Waals surface area contributed by atoms with Crippen LogP contribution in [0.3, 0.4) is 0 Å². The number of thiocarbonyl (C=S) groups is 1. The molecule has 2 aromatic rings. The SMILES string of the molecule is O=C(NC(=S)Nc1ccccc1I)c1ccccc1. The average Bonchev–Trinajstić information content (AvgIpc) is 2.42. The summed E-state index contributed by atoms with van der Waals surface area (Å²) in [5.41, 5.74) is 1.45. The number of carbonyl (C=O) groups excluding carboxylic acids is 1. The molecule has 2 N–H and O–H groups in total. The highest BCUT2D eigenvalue weighted by Gasteiger charge is 2.07. The van der Waals surface area contributed by atoms with E-state index in [0.29, 0.717) is 5.56 Å². The van der Waals surface area contributed by atoms with Crippen molar-refractivity contribution < 1.29 is 4.79 Å². The molecule has 5 heteroatoms. The molecule has 3 nitrogen and oxygen atoms in total. The summed E-state index contributed by atoms with van der Waals surface area (Å²) in [4.78, 5) is 11.9. The Morgan fingerprint density at radius 3 is 2.32 bits per heavy atom. The number of benzene rings is 2. The van der Waals surface area contributed by atoms with Gasteiger partial charge >= 0.3 is 0 Å². The van der Waals surface area contributed by atoms with Crippen molar-refractivity contribution in [2.75, 3.05) is 5.32 Å². The molecule has 0 unspecified atom stereocenters. The predicted octanol–water partition coefficient (Wildman–Crippen LogP) is 3.42. The molecule has 0 saturated carbocycles. The third-order valence-corrected chi connectivity index (χ3v) is 3.53. The number of amides is 1. The van der Waals surface area contributed by atoms with Crippen molar-refractivity contribution >= 4 is 51.5 Å². The summed E-state index contributed by atoms with van der Waals surface area (Å²) in [5, 5.41) is 5.94. The van der Waals surface area contributed by atoms with Gasteiger partial charge in [0.2, 0.25) is 0 Å². The molecule has 0 heterocycles. The quantitative estimate of drug-likeness (QED) is 0.618. The van der Waals surface area contributed by atoms with E-state index < -0.39 is 0 Å². The van der Waals surface area contributed by atoms with Gasteiger partial charge in [-0.3, -0.25) is 10.1 Å². The number of anilines is 1. The van der Waals surface area contributed by atoms with Crippen molar-refractivity contribution in [2.24, 2.45) is 0 Å². The minimum Gasteiger partial charge on any atom is -0.332 e. The number of rotatable bonds is 2. The van der Waals surface area contributed by atoms with E-state index in [1.165, 1.54) is 0 Å². The summed E-state index contributed by atoms with van der Waals surface area (Å²) in [5.74, 6) is -0.218. The molecular formula is C14H11IN2OS. The maximum atomic E-state index is 11.9. The van der Waals surface area contributed by atoms with Crippen LogP contribution in [0.1, 0.15) is 10.4 Å². The van der Waals surface area contributed by atoms with Gasteiger partial charge in [0.15, 0.2) is 5.11 Å². The molecule has 2 rings (SSSR count). The molecule has 96 valence electrons. The van der Waals surface area contributed by atoms with Crippen molar-refractivity contribution in [1.29, 1.82) is 0 Å². The van der Waals surface area contributed by atoms with Gasteiger partial charge in [-0.2, -0.15) is 0 Å². The number of nitrogens with one attached hydrogen (secondary N) is 2. The van der Waals surface area contributed by atoms with E-state index in [1.54, 1.807) is 12.1 Å². The lowest BCUT2D eigenvalue weighted by Gasteiger charge is -2.10. The van der Waals surface area contributed by atoms with E-state index in [9.17, 15) is 4.79 Å². The van der Waals surface area contributed by atoms with Crippen LogP contribution >= 0.6 is 34.8 Å². The first-order valence-corrected chi connectivity index (χ1v) is 7.07. The Hall–Kier alpha value is -1.47. The van der Waals surface area contributed by atoms with Gasteiger partial charge in [-0.15, -0.1) is 0 Å². The van der Waals surface area contributed by atoms with Gasteiger partial charge in [0.1, 0.15) is 0 Å². The van der Waals surface area contributed by atoms with E-state index in [4.69, 9.17) is 12.2 Å². The van der Waals surface area contributed by atoms with Crippen LogP contribution in [0.25, 0.3) is 0 Å². The molecule has 0 saturated heterocycles.